The third-order valence-corrected chi connectivity index (χ3v) is 11.0. The van der Waals surface area contributed by atoms with Crippen molar-refractivity contribution in [1.82, 2.24) is 0 Å². The Balaban J connectivity index is 1.15. The molecule has 1 aliphatic rings. The Hall–Kier alpha value is -7.10. The van der Waals surface area contributed by atoms with E-state index in [0.717, 1.165) is 62.5 Å². The first-order chi connectivity index (χ1) is 27.7. The predicted octanol–water partition coefficient (Wildman–Crippen LogP) is 15.0. The molecular formula is C53H39NO2. The lowest BCUT2D eigenvalue weighted by atomic mass is 9.92. The maximum Gasteiger partial charge on any atom is 0.135 e. The standard InChI is InChI=1S/C53H39NO2/c1-36-22-30-48(41-20-12-5-13-21-41)55-50-32-33-51-53(52(36)50)47-35-44(28-31-49(47)56-51)54(42-25-23-38(24-26-42)37-14-6-2-7-15-37)43-27-29-45(39-16-8-3-9-17-39)46(34-43)40-18-10-4-11-19-40/h2-21,23-36H,22H2,1H3. The van der Waals surface area contributed by atoms with Gasteiger partial charge in [0.05, 0.1) is 0 Å². The lowest BCUT2D eigenvalue weighted by Crippen LogP contribution is -2.10. The van der Waals surface area contributed by atoms with Crippen molar-refractivity contribution in [2.45, 2.75) is 19.3 Å². The van der Waals surface area contributed by atoms with E-state index in [2.05, 4.69) is 206 Å². The molecule has 0 fully saturated rings. The molecule has 1 aromatic heterocycles. The average Bonchev–Trinajstić information content (AvgIpc) is 3.55. The Morgan fingerprint density at radius 1 is 0.464 bits per heavy atom. The number of rotatable bonds is 7. The maximum atomic E-state index is 6.72. The van der Waals surface area contributed by atoms with Crippen molar-refractivity contribution in [2.75, 3.05) is 4.90 Å². The van der Waals surface area contributed by atoms with Crippen molar-refractivity contribution >= 4 is 44.8 Å². The van der Waals surface area contributed by atoms with Gasteiger partial charge < -0.3 is 14.1 Å². The van der Waals surface area contributed by atoms with Gasteiger partial charge in [-0.05, 0) is 106 Å². The first-order valence-corrected chi connectivity index (χ1v) is 19.3. The zero-order valence-electron chi connectivity index (χ0n) is 31.1. The number of ether oxygens (including phenoxy) is 1. The zero-order chi connectivity index (χ0) is 37.4. The van der Waals surface area contributed by atoms with Crippen LogP contribution in [0.15, 0.2) is 205 Å². The van der Waals surface area contributed by atoms with E-state index in [-0.39, 0.29) is 5.92 Å². The number of benzene rings is 8. The summed E-state index contributed by atoms with van der Waals surface area (Å²) in [6.45, 7) is 2.29. The van der Waals surface area contributed by atoms with Gasteiger partial charge >= 0.3 is 0 Å². The largest absolute Gasteiger partial charge is 0.457 e. The van der Waals surface area contributed by atoms with Crippen molar-refractivity contribution in [3.63, 3.8) is 0 Å². The Kier molecular flexibility index (Phi) is 8.53. The van der Waals surface area contributed by atoms with Gasteiger partial charge in [-0.1, -0.05) is 146 Å². The lowest BCUT2D eigenvalue weighted by molar-refractivity contribution is 0.511. The fraction of sp³-hybridized carbons (Fsp3) is 0.0566. The second kappa shape index (κ2) is 14.3. The lowest BCUT2D eigenvalue weighted by Gasteiger charge is -2.27. The Bertz CT molecular complexity index is 2840. The summed E-state index contributed by atoms with van der Waals surface area (Å²) in [4.78, 5) is 2.37. The van der Waals surface area contributed by atoms with Gasteiger partial charge in [-0.15, -0.1) is 0 Å². The normalized spacial score (nSPS) is 13.8. The van der Waals surface area contributed by atoms with Gasteiger partial charge in [0.25, 0.3) is 0 Å². The van der Waals surface area contributed by atoms with E-state index < -0.39 is 0 Å². The van der Waals surface area contributed by atoms with Gasteiger partial charge in [-0.25, -0.2) is 0 Å². The first-order valence-electron chi connectivity index (χ1n) is 19.3. The van der Waals surface area contributed by atoms with Crippen molar-refractivity contribution in [2.24, 2.45) is 0 Å². The van der Waals surface area contributed by atoms with Crippen LogP contribution in [0.4, 0.5) is 17.1 Å². The summed E-state index contributed by atoms with van der Waals surface area (Å²) in [7, 11) is 0. The number of fused-ring (bicyclic) bond motifs is 5. The molecule has 1 atom stereocenters. The van der Waals surface area contributed by atoms with E-state index in [1.807, 2.05) is 6.07 Å². The Morgan fingerprint density at radius 2 is 1.00 bits per heavy atom. The van der Waals surface area contributed by atoms with E-state index in [4.69, 9.17) is 9.15 Å². The summed E-state index contributed by atoms with van der Waals surface area (Å²) >= 11 is 0. The molecule has 8 aromatic carbocycles. The van der Waals surface area contributed by atoms with Crippen LogP contribution in [0.5, 0.6) is 5.75 Å². The number of nitrogens with zero attached hydrogens (tertiary/aromatic N) is 1. The molecule has 3 nitrogen and oxygen atoms in total. The molecule has 0 spiro atoms. The van der Waals surface area contributed by atoms with E-state index in [9.17, 15) is 0 Å². The summed E-state index contributed by atoms with van der Waals surface area (Å²) in [6, 6.07) is 68.7. The highest BCUT2D eigenvalue weighted by Gasteiger charge is 2.25. The van der Waals surface area contributed by atoms with Crippen molar-refractivity contribution in [1.29, 1.82) is 0 Å². The summed E-state index contributed by atoms with van der Waals surface area (Å²) in [6.07, 6.45) is 3.09. The number of allylic oxidation sites excluding steroid dienone is 1. The minimum absolute atomic E-state index is 0.222. The number of hydrogen-bond acceptors (Lipinski definition) is 3. The second-order valence-electron chi connectivity index (χ2n) is 14.5. The van der Waals surface area contributed by atoms with Crippen LogP contribution in [-0.2, 0) is 0 Å². The molecule has 0 radical (unpaired) electrons. The second-order valence-corrected chi connectivity index (χ2v) is 14.5. The number of furan rings is 1. The average molecular weight is 722 g/mol. The molecule has 0 saturated carbocycles. The Morgan fingerprint density at radius 3 is 1.68 bits per heavy atom. The molecule has 2 heterocycles. The predicted molar refractivity (Wildman–Crippen MR) is 233 cm³/mol. The molecule has 1 unspecified atom stereocenters. The van der Waals surface area contributed by atoms with Gasteiger partial charge in [0.2, 0.25) is 0 Å². The minimum Gasteiger partial charge on any atom is -0.457 e. The van der Waals surface area contributed by atoms with Crippen LogP contribution in [0, 0.1) is 0 Å². The zero-order valence-corrected chi connectivity index (χ0v) is 31.1. The van der Waals surface area contributed by atoms with E-state index in [1.165, 1.54) is 38.9 Å². The fourth-order valence-electron chi connectivity index (χ4n) is 8.20. The fourth-order valence-corrected chi connectivity index (χ4v) is 8.20. The van der Waals surface area contributed by atoms with Gasteiger partial charge in [-0.3, -0.25) is 0 Å². The van der Waals surface area contributed by atoms with Crippen molar-refractivity contribution in [3.8, 4) is 39.1 Å². The Labute approximate surface area is 327 Å². The number of hydrogen-bond donors (Lipinski definition) is 0. The first kappa shape index (κ1) is 33.5. The molecule has 0 bridgehead atoms. The molecule has 56 heavy (non-hydrogen) atoms. The SMILES string of the molecule is CC1CC=C(c2ccccc2)Oc2ccc3oc4ccc(N(c5ccc(-c6ccccc6)cc5)c5ccc(-c6ccccc6)c(-c6ccccc6)c5)cc4c3c21. The molecule has 1 aliphatic heterocycles. The number of anilines is 3. The molecule has 10 rings (SSSR count). The highest BCUT2D eigenvalue weighted by atomic mass is 16.5. The van der Waals surface area contributed by atoms with E-state index in [0.29, 0.717) is 0 Å². The third-order valence-electron chi connectivity index (χ3n) is 11.0. The molecule has 268 valence electrons. The molecule has 0 N–H and O–H groups in total. The molecule has 0 aliphatic carbocycles. The monoisotopic (exact) mass is 721 g/mol. The van der Waals surface area contributed by atoms with Gasteiger partial charge in [0.15, 0.2) is 0 Å². The quantitative estimate of drug-likeness (QED) is 0.164. The molecule has 0 amide bonds. The third kappa shape index (κ3) is 6.14. The van der Waals surface area contributed by atoms with Crippen LogP contribution < -0.4 is 9.64 Å². The van der Waals surface area contributed by atoms with E-state index in [1.54, 1.807) is 0 Å². The molecule has 0 saturated heterocycles. The summed E-state index contributed by atoms with van der Waals surface area (Å²) in [5, 5.41) is 2.18. The molecular weight excluding hydrogens is 683 g/mol. The summed E-state index contributed by atoms with van der Waals surface area (Å²) in [5.74, 6) is 1.99. The van der Waals surface area contributed by atoms with Gasteiger partial charge in [0.1, 0.15) is 22.7 Å². The topological polar surface area (TPSA) is 25.6 Å². The maximum absolute atomic E-state index is 6.72. The van der Waals surface area contributed by atoms with Crippen LogP contribution >= 0.6 is 0 Å². The molecule has 3 heteroatoms. The van der Waals surface area contributed by atoms with Gasteiger partial charge in [-0.2, -0.15) is 0 Å². The highest BCUT2D eigenvalue weighted by Crippen LogP contribution is 2.47. The van der Waals surface area contributed by atoms with Gasteiger partial charge in [0, 0.05) is 39.0 Å². The van der Waals surface area contributed by atoms with E-state index >= 15 is 0 Å². The van der Waals surface area contributed by atoms with Crippen LogP contribution in [0.1, 0.15) is 30.4 Å². The smallest absolute Gasteiger partial charge is 0.135 e. The highest BCUT2D eigenvalue weighted by molar-refractivity contribution is 6.09. The van der Waals surface area contributed by atoms with Crippen LogP contribution in [0.3, 0.4) is 0 Å². The summed E-state index contributed by atoms with van der Waals surface area (Å²) < 4.78 is 13.3. The molecule has 9 aromatic rings. The van der Waals surface area contributed by atoms with Crippen LogP contribution in [-0.4, -0.2) is 0 Å². The summed E-state index contributed by atoms with van der Waals surface area (Å²) in [5.41, 5.74) is 14.2. The van der Waals surface area contributed by atoms with Crippen LogP contribution in [0.25, 0.3) is 61.1 Å². The van der Waals surface area contributed by atoms with Crippen LogP contribution in [0.2, 0.25) is 0 Å². The van der Waals surface area contributed by atoms with Crippen molar-refractivity contribution < 1.29 is 9.15 Å². The van der Waals surface area contributed by atoms with Crippen molar-refractivity contribution in [3.05, 3.63) is 211 Å². The minimum atomic E-state index is 0.222.